The van der Waals surface area contributed by atoms with Crippen LogP contribution in [-0.2, 0) is 0 Å². The van der Waals surface area contributed by atoms with Crippen molar-refractivity contribution in [3.8, 4) is 0 Å². The van der Waals surface area contributed by atoms with Crippen molar-refractivity contribution in [1.29, 1.82) is 0 Å². The van der Waals surface area contributed by atoms with Crippen LogP contribution in [0.2, 0.25) is 0 Å². The first-order chi connectivity index (χ1) is 12.2. The number of anilines is 1. The average molecular weight is 338 g/mol. The summed E-state index contributed by atoms with van der Waals surface area (Å²) in [6.07, 6.45) is 5.84. The van der Waals surface area contributed by atoms with Crippen LogP contribution in [0, 0.1) is 0 Å². The molecule has 0 unspecified atom stereocenters. The highest BCUT2D eigenvalue weighted by molar-refractivity contribution is 6.02. The number of carbonyl (C=O) groups is 1. The average Bonchev–Trinajstić information content (AvgIpc) is 3.31. The molecule has 1 saturated heterocycles. The van der Waals surface area contributed by atoms with Gasteiger partial charge in [0.15, 0.2) is 5.76 Å². The van der Waals surface area contributed by atoms with Gasteiger partial charge in [0.25, 0.3) is 5.91 Å². The van der Waals surface area contributed by atoms with Crippen molar-refractivity contribution in [3.63, 3.8) is 0 Å². The Balaban J connectivity index is 1.56. The van der Waals surface area contributed by atoms with E-state index in [1.165, 1.54) is 11.8 Å². The Morgan fingerprint density at radius 1 is 1.36 bits per heavy atom. The second kappa shape index (κ2) is 6.72. The van der Waals surface area contributed by atoms with Crippen molar-refractivity contribution in [2.75, 3.05) is 25.0 Å². The number of aromatic amines is 1. The third-order valence-corrected chi connectivity index (χ3v) is 5.01. The van der Waals surface area contributed by atoms with Gasteiger partial charge in [-0.25, -0.2) is 4.98 Å². The number of piperidine rings is 1. The number of likely N-dealkylation sites (tertiary alicyclic amines) is 1. The number of furan rings is 1. The van der Waals surface area contributed by atoms with Crippen LogP contribution in [0.25, 0.3) is 11.0 Å². The Kier molecular flexibility index (Phi) is 4.28. The molecule has 0 atom stereocenters. The Hall–Kier alpha value is -2.60. The van der Waals surface area contributed by atoms with Gasteiger partial charge in [-0.15, -0.1) is 0 Å². The number of rotatable bonds is 4. The summed E-state index contributed by atoms with van der Waals surface area (Å²) >= 11 is 0. The third-order valence-electron chi connectivity index (χ3n) is 5.01. The lowest BCUT2D eigenvalue weighted by molar-refractivity contribution is 0.0996. The van der Waals surface area contributed by atoms with Crippen LogP contribution in [0.1, 0.15) is 41.8 Å². The number of carbonyl (C=O) groups excluding carboxylic acids is 1. The number of pyridine rings is 1. The Labute approximate surface area is 146 Å². The van der Waals surface area contributed by atoms with Gasteiger partial charge in [-0.1, -0.05) is 6.92 Å². The van der Waals surface area contributed by atoms with Gasteiger partial charge in [0.2, 0.25) is 0 Å². The SMILES string of the molecule is CCN1CCC(c2c[nH]c3ccc(NC(=O)c4ccco4)nc23)CC1. The zero-order chi connectivity index (χ0) is 17.2. The quantitative estimate of drug-likeness (QED) is 0.762. The second-order valence-corrected chi connectivity index (χ2v) is 6.48. The van der Waals surface area contributed by atoms with E-state index in [4.69, 9.17) is 4.42 Å². The van der Waals surface area contributed by atoms with Gasteiger partial charge in [-0.05, 0) is 68.2 Å². The van der Waals surface area contributed by atoms with E-state index < -0.39 is 0 Å². The first kappa shape index (κ1) is 15.9. The topological polar surface area (TPSA) is 74.2 Å². The number of nitrogens with one attached hydrogen (secondary N) is 2. The van der Waals surface area contributed by atoms with Gasteiger partial charge in [-0.2, -0.15) is 0 Å². The molecule has 3 aromatic heterocycles. The number of hydrogen-bond donors (Lipinski definition) is 2. The Morgan fingerprint density at radius 3 is 2.92 bits per heavy atom. The van der Waals surface area contributed by atoms with Gasteiger partial charge >= 0.3 is 0 Å². The smallest absolute Gasteiger partial charge is 0.292 e. The molecule has 0 saturated carbocycles. The molecular weight excluding hydrogens is 316 g/mol. The number of amides is 1. The maximum atomic E-state index is 12.1. The minimum absolute atomic E-state index is 0.281. The van der Waals surface area contributed by atoms with Crippen molar-refractivity contribution < 1.29 is 9.21 Å². The fourth-order valence-corrected chi connectivity index (χ4v) is 3.55. The lowest BCUT2D eigenvalue weighted by Gasteiger charge is -2.30. The lowest BCUT2D eigenvalue weighted by Crippen LogP contribution is -2.32. The van der Waals surface area contributed by atoms with Crippen molar-refractivity contribution in [3.05, 3.63) is 48.0 Å². The van der Waals surface area contributed by atoms with Crippen LogP contribution in [0.5, 0.6) is 0 Å². The first-order valence-corrected chi connectivity index (χ1v) is 8.80. The van der Waals surface area contributed by atoms with Crippen LogP contribution in [0.15, 0.2) is 41.1 Å². The van der Waals surface area contributed by atoms with E-state index in [0.717, 1.165) is 43.5 Å². The number of nitrogens with zero attached hydrogens (tertiary/aromatic N) is 2. The van der Waals surface area contributed by atoms with Crippen molar-refractivity contribution in [2.24, 2.45) is 0 Å². The number of hydrogen-bond acceptors (Lipinski definition) is 4. The van der Waals surface area contributed by atoms with Crippen molar-refractivity contribution >= 4 is 22.8 Å². The molecule has 0 bridgehead atoms. The Bertz CT molecular complexity index is 861. The van der Waals surface area contributed by atoms with E-state index in [2.05, 4.69) is 33.3 Å². The molecule has 0 aromatic carbocycles. The van der Waals surface area contributed by atoms with E-state index in [9.17, 15) is 4.79 Å². The van der Waals surface area contributed by atoms with Crippen LogP contribution < -0.4 is 5.32 Å². The van der Waals surface area contributed by atoms with Crippen LogP contribution in [0.4, 0.5) is 5.82 Å². The zero-order valence-corrected chi connectivity index (χ0v) is 14.3. The van der Waals surface area contributed by atoms with Gasteiger partial charge in [0.1, 0.15) is 5.82 Å². The van der Waals surface area contributed by atoms with E-state index >= 15 is 0 Å². The summed E-state index contributed by atoms with van der Waals surface area (Å²) in [6.45, 7) is 5.58. The predicted molar refractivity (Wildman–Crippen MR) is 96.8 cm³/mol. The lowest BCUT2D eigenvalue weighted by atomic mass is 9.90. The standard InChI is InChI=1S/C19H22N4O2/c1-2-23-9-7-13(8-10-23)14-12-20-15-5-6-17(21-18(14)15)22-19(24)16-4-3-11-25-16/h3-6,11-13,20H,2,7-10H2,1H3,(H,21,22,24). The fourth-order valence-electron chi connectivity index (χ4n) is 3.55. The highest BCUT2D eigenvalue weighted by atomic mass is 16.3. The summed E-state index contributed by atoms with van der Waals surface area (Å²) in [6, 6.07) is 7.10. The Morgan fingerprint density at radius 2 is 2.20 bits per heavy atom. The molecule has 1 fully saturated rings. The summed E-state index contributed by atoms with van der Waals surface area (Å²) in [7, 11) is 0. The first-order valence-electron chi connectivity index (χ1n) is 8.80. The molecule has 4 heterocycles. The van der Waals surface area contributed by atoms with E-state index in [0.29, 0.717) is 11.7 Å². The summed E-state index contributed by atoms with van der Waals surface area (Å²) in [4.78, 5) is 22.6. The molecule has 1 aliphatic heterocycles. The molecule has 0 radical (unpaired) electrons. The van der Waals surface area contributed by atoms with Gasteiger partial charge in [0.05, 0.1) is 17.3 Å². The summed E-state index contributed by atoms with van der Waals surface area (Å²) < 4.78 is 5.13. The maximum absolute atomic E-state index is 12.1. The van der Waals surface area contributed by atoms with Crippen LogP contribution in [-0.4, -0.2) is 40.4 Å². The van der Waals surface area contributed by atoms with Crippen LogP contribution in [0.3, 0.4) is 0 Å². The number of aromatic nitrogens is 2. The molecule has 6 nitrogen and oxygen atoms in total. The molecule has 0 aliphatic carbocycles. The minimum atomic E-state index is -0.287. The second-order valence-electron chi connectivity index (χ2n) is 6.48. The summed E-state index contributed by atoms with van der Waals surface area (Å²) in [5.41, 5.74) is 3.20. The molecule has 25 heavy (non-hydrogen) atoms. The summed E-state index contributed by atoms with van der Waals surface area (Å²) in [5.74, 6) is 1.05. The largest absolute Gasteiger partial charge is 0.459 e. The van der Waals surface area contributed by atoms with Gasteiger partial charge in [0, 0.05) is 6.20 Å². The summed E-state index contributed by atoms with van der Waals surface area (Å²) in [5, 5.41) is 2.81. The van der Waals surface area contributed by atoms with E-state index in [1.807, 2.05) is 12.1 Å². The van der Waals surface area contributed by atoms with Crippen LogP contribution >= 0.6 is 0 Å². The third kappa shape index (κ3) is 3.17. The molecule has 0 spiro atoms. The monoisotopic (exact) mass is 338 g/mol. The normalized spacial score (nSPS) is 16.4. The maximum Gasteiger partial charge on any atom is 0.292 e. The van der Waals surface area contributed by atoms with Crippen molar-refractivity contribution in [2.45, 2.75) is 25.7 Å². The minimum Gasteiger partial charge on any atom is -0.459 e. The molecular formula is C19H22N4O2. The van der Waals surface area contributed by atoms with E-state index in [1.54, 1.807) is 12.1 Å². The number of fused-ring (bicyclic) bond motifs is 1. The van der Waals surface area contributed by atoms with Gasteiger partial charge in [-0.3, -0.25) is 4.79 Å². The molecule has 1 aliphatic rings. The molecule has 130 valence electrons. The molecule has 1 amide bonds. The molecule has 3 aromatic rings. The number of H-pyrrole nitrogens is 1. The fraction of sp³-hybridized carbons (Fsp3) is 0.368. The highest BCUT2D eigenvalue weighted by Gasteiger charge is 2.23. The van der Waals surface area contributed by atoms with Crippen molar-refractivity contribution in [1.82, 2.24) is 14.9 Å². The highest BCUT2D eigenvalue weighted by Crippen LogP contribution is 2.32. The molecule has 6 heteroatoms. The predicted octanol–water partition coefficient (Wildman–Crippen LogP) is 3.61. The molecule has 4 rings (SSSR count). The zero-order valence-electron chi connectivity index (χ0n) is 14.3. The van der Waals surface area contributed by atoms with E-state index in [-0.39, 0.29) is 11.7 Å². The molecule has 2 N–H and O–H groups in total. The van der Waals surface area contributed by atoms with Gasteiger partial charge < -0.3 is 19.6 Å².